The third-order valence-corrected chi connectivity index (χ3v) is 4.36. The zero-order chi connectivity index (χ0) is 12.8. The van der Waals surface area contributed by atoms with Gasteiger partial charge in [-0.1, -0.05) is 11.6 Å². The monoisotopic (exact) mass is 287 g/mol. The van der Waals surface area contributed by atoms with Crippen LogP contribution in [0.25, 0.3) is 0 Å². The average Bonchev–Trinajstić information content (AvgIpc) is 3.07. The Bertz CT molecular complexity index is 444. The molecule has 3 rings (SSSR count). The average molecular weight is 288 g/mol. The summed E-state index contributed by atoms with van der Waals surface area (Å²) < 4.78 is 0. The molecule has 6 heteroatoms. The molecule has 4 nitrogen and oxygen atoms in total. The van der Waals surface area contributed by atoms with E-state index in [-0.39, 0.29) is 23.5 Å². The molecule has 1 aromatic heterocycles. The zero-order valence-electron chi connectivity index (χ0n) is 9.94. The first-order valence-corrected chi connectivity index (χ1v) is 7.00. The summed E-state index contributed by atoms with van der Waals surface area (Å²) in [5.74, 6) is 0.747. The fourth-order valence-corrected chi connectivity index (χ4v) is 3.44. The Morgan fingerprint density at radius 1 is 1.33 bits per heavy atom. The Morgan fingerprint density at radius 2 is 2.11 bits per heavy atom. The van der Waals surface area contributed by atoms with Crippen molar-refractivity contribution in [1.82, 2.24) is 9.97 Å². The van der Waals surface area contributed by atoms with Gasteiger partial charge in [0.2, 0.25) is 5.28 Å². The van der Waals surface area contributed by atoms with E-state index in [1.807, 2.05) is 0 Å². The smallest absolute Gasteiger partial charge is 0.225 e. The van der Waals surface area contributed by atoms with Crippen LogP contribution in [0.2, 0.25) is 10.4 Å². The molecule has 1 unspecified atom stereocenters. The molecule has 1 aromatic rings. The van der Waals surface area contributed by atoms with Crippen LogP contribution in [0.1, 0.15) is 32.1 Å². The number of piperidine rings is 1. The first-order valence-electron chi connectivity index (χ1n) is 6.25. The Hall–Kier alpha value is -0.580. The highest BCUT2D eigenvalue weighted by Crippen LogP contribution is 2.51. The minimum Gasteiger partial charge on any atom is -0.394 e. The summed E-state index contributed by atoms with van der Waals surface area (Å²) in [4.78, 5) is 10.4. The molecule has 0 aromatic carbocycles. The zero-order valence-corrected chi connectivity index (χ0v) is 11.5. The normalized spacial score (nSPS) is 25.5. The summed E-state index contributed by atoms with van der Waals surface area (Å²) >= 11 is 11.8. The van der Waals surface area contributed by atoms with Gasteiger partial charge in [0.15, 0.2) is 0 Å². The van der Waals surface area contributed by atoms with Gasteiger partial charge in [0.1, 0.15) is 11.0 Å². The van der Waals surface area contributed by atoms with Crippen molar-refractivity contribution in [2.75, 3.05) is 11.5 Å². The summed E-state index contributed by atoms with van der Waals surface area (Å²) in [6, 6.07) is 1.85. The Balaban J connectivity index is 2.00. The molecule has 0 amide bonds. The molecule has 1 saturated heterocycles. The molecule has 1 aliphatic heterocycles. The predicted molar refractivity (Wildman–Crippen MR) is 71.2 cm³/mol. The van der Waals surface area contributed by atoms with Gasteiger partial charge in [-0.15, -0.1) is 0 Å². The van der Waals surface area contributed by atoms with E-state index in [9.17, 15) is 5.11 Å². The molecule has 1 N–H and O–H groups in total. The van der Waals surface area contributed by atoms with Crippen LogP contribution in [0.15, 0.2) is 6.07 Å². The van der Waals surface area contributed by atoms with Gasteiger partial charge in [-0.25, -0.2) is 9.97 Å². The number of hydrogen-bond acceptors (Lipinski definition) is 4. The van der Waals surface area contributed by atoms with Crippen LogP contribution in [0, 0.1) is 0 Å². The van der Waals surface area contributed by atoms with Crippen LogP contribution < -0.4 is 4.90 Å². The van der Waals surface area contributed by atoms with E-state index in [2.05, 4.69) is 14.9 Å². The summed E-state index contributed by atoms with van der Waals surface area (Å²) in [5.41, 5.74) is 0.173. The van der Waals surface area contributed by atoms with Crippen molar-refractivity contribution in [3.8, 4) is 0 Å². The molecular weight excluding hydrogens is 273 g/mol. The van der Waals surface area contributed by atoms with Gasteiger partial charge in [0, 0.05) is 11.6 Å². The third-order valence-electron chi connectivity index (χ3n) is 3.99. The van der Waals surface area contributed by atoms with Gasteiger partial charge >= 0.3 is 0 Å². The molecule has 0 bridgehead atoms. The quantitative estimate of drug-likeness (QED) is 0.671. The van der Waals surface area contributed by atoms with Crippen molar-refractivity contribution in [3.05, 3.63) is 16.5 Å². The molecule has 2 fully saturated rings. The van der Waals surface area contributed by atoms with E-state index < -0.39 is 0 Å². The van der Waals surface area contributed by atoms with E-state index in [0.717, 1.165) is 37.9 Å². The number of rotatable bonds is 2. The minimum absolute atomic E-state index is 0.114. The van der Waals surface area contributed by atoms with E-state index in [4.69, 9.17) is 23.2 Å². The minimum atomic E-state index is 0.114. The summed E-state index contributed by atoms with van der Waals surface area (Å²) in [6.45, 7) is 0.140. The lowest BCUT2D eigenvalue weighted by Crippen LogP contribution is -2.50. The molecule has 1 atom stereocenters. The van der Waals surface area contributed by atoms with E-state index in [0.29, 0.717) is 5.15 Å². The first kappa shape index (κ1) is 12.5. The third kappa shape index (κ3) is 2.06. The van der Waals surface area contributed by atoms with Gasteiger partial charge in [0.25, 0.3) is 0 Å². The van der Waals surface area contributed by atoms with E-state index in [1.165, 1.54) is 0 Å². The largest absolute Gasteiger partial charge is 0.394 e. The number of hydrogen-bond donors (Lipinski definition) is 1. The van der Waals surface area contributed by atoms with Crippen LogP contribution >= 0.6 is 23.2 Å². The Kier molecular flexibility index (Phi) is 3.12. The number of anilines is 1. The molecule has 1 saturated carbocycles. The lowest BCUT2D eigenvalue weighted by molar-refractivity contribution is 0.219. The second kappa shape index (κ2) is 4.51. The first-order chi connectivity index (χ1) is 8.64. The Labute approximate surface area is 116 Å². The molecule has 98 valence electrons. The van der Waals surface area contributed by atoms with Crippen LogP contribution in [-0.2, 0) is 0 Å². The SMILES string of the molecule is OCC1CCCC2(CC2)N1c1cc(Cl)nc(Cl)n1. The van der Waals surface area contributed by atoms with Crippen LogP contribution in [0.5, 0.6) is 0 Å². The van der Waals surface area contributed by atoms with Gasteiger partial charge in [-0.3, -0.25) is 0 Å². The summed E-state index contributed by atoms with van der Waals surface area (Å²) in [7, 11) is 0. The fraction of sp³-hybridized carbons (Fsp3) is 0.667. The second-order valence-corrected chi connectivity index (χ2v) is 5.87. The molecule has 1 aliphatic carbocycles. The van der Waals surface area contributed by atoms with Crippen LogP contribution in [0.4, 0.5) is 5.82 Å². The van der Waals surface area contributed by atoms with Crippen LogP contribution in [-0.4, -0.2) is 33.3 Å². The molecule has 2 aliphatic rings. The van der Waals surface area contributed by atoms with Crippen molar-refractivity contribution in [3.63, 3.8) is 0 Å². The van der Waals surface area contributed by atoms with Crippen molar-refractivity contribution in [1.29, 1.82) is 0 Å². The highest BCUT2D eigenvalue weighted by molar-refractivity contribution is 6.32. The Morgan fingerprint density at radius 3 is 2.72 bits per heavy atom. The number of aliphatic hydroxyl groups excluding tert-OH is 1. The summed E-state index contributed by atoms with van der Waals surface area (Å²) in [5, 5.41) is 10.1. The number of aromatic nitrogens is 2. The standard InChI is InChI=1S/C12H15Cl2N3O/c13-9-6-10(16-11(14)15-9)17-8(7-18)2-1-3-12(17)4-5-12/h6,8,18H,1-5,7H2. The second-order valence-electron chi connectivity index (χ2n) is 5.14. The molecule has 1 spiro atoms. The van der Waals surface area contributed by atoms with Gasteiger partial charge in [-0.2, -0.15) is 0 Å². The maximum Gasteiger partial charge on any atom is 0.225 e. The predicted octanol–water partition coefficient (Wildman–Crippen LogP) is 2.67. The fourth-order valence-electron chi connectivity index (χ4n) is 3.04. The van der Waals surface area contributed by atoms with Gasteiger partial charge in [0.05, 0.1) is 12.6 Å². The lowest BCUT2D eigenvalue weighted by Gasteiger charge is -2.43. The number of halogens is 2. The van der Waals surface area contributed by atoms with E-state index >= 15 is 0 Å². The van der Waals surface area contributed by atoms with Crippen molar-refractivity contribution < 1.29 is 5.11 Å². The van der Waals surface area contributed by atoms with Gasteiger partial charge in [-0.05, 0) is 43.7 Å². The van der Waals surface area contributed by atoms with Gasteiger partial charge < -0.3 is 10.0 Å². The number of nitrogens with zero attached hydrogens (tertiary/aromatic N) is 3. The highest BCUT2D eigenvalue weighted by atomic mass is 35.5. The number of aliphatic hydroxyl groups is 1. The molecular formula is C12H15Cl2N3O. The van der Waals surface area contributed by atoms with Crippen molar-refractivity contribution in [2.24, 2.45) is 0 Å². The highest BCUT2D eigenvalue weighted by Gasteiger charge is 2.52. The lowest BCUT2D eigenvalue weighted by atomic mass is 9.94. The van der Waals surface area contributed by atoms with Crippen molar-refractivity contribution >= 4 is 29.0 Å². The summed E-state index contributed by atoms with van der Waals surface area (Å²) in [6.07, 6.45) is 5.61. The maximum absolute atomic E-state index is 9.57. The topological polar surface area (TPSA) is 49.2 Å². The molecule has 18 heavy (non-hydrogen) atoms. The molecule has 0 radical (unpaired) electrons. The van der Waals surface area contributed by atoms with Crippen molar-refractivity contribution in [2.45, 2.75) is 43.7 Å². The van der Waals surface area contributed by atoms with E-state index in [1.54, 1.807) is 6.07 Å². The van der Waals surface area contributed by atoms with Crippen LogP contribution in [0.3, 0.4) is 0 Å². The maximum atomic E-state index is 9.57. The molecule has 2 heterocycles.